The van der Waals surface area contributed by atoms with Gasteiger partial charge in [-0.15, -0.1) is 0 Å². The molecule has 0 spiro atoms. The summed E-state index contributed by atoms with van der Waals surface area (Å²) in [4.78, 5) is 13.5. The first-order valence-electron chi connectivity index (χ1n) is 5.83. The van der Waals surface area contributed by atoms with Gasteiger partial charge in [-0.2, -0.15) is 0 Å². The number of carbonyl (C=O) groups is 1. The summed E-state index contributed by atoms with van der Waals surface area (Å²) in [6.45, 7) is 3.02. The van der Waals surface area contributed by atoms with E-state index in [1.54, 1.807) is 17.0 Å². The van der Waals surface area contributed by atoms with E-state index in [2.05, 4.69) is 0 Å². The first-order chi connectivity index (χ1) is 8.47. The predicted octanol–water partition coefficient (Wildman–Crippen LogP) is 1.83. The molecule has 3 nitrogen and oxygen atoms in total. The van der Waals surface area contributed by atoms with Gasteiger partial charge in [0.05, 0.1) is 0 Å². The number of nitrogens with two attached hydrogens (primary N) is 1. The summed E-state index contributed by atoms with van der Waals surface area (Å²) in [5.41, 5.74) is 6.44. The van der Waals surface area contributed by atoms with Crippen molar-refractivity contribution in [3.63, 3.8) is 0 Å². The van der Waals surface area contributed by atoms with Gasteiger partial charge in [0.15, 0.2) is 0 Å². The van der Waals surface area contributed by atoms with Crippen LogP contribution in [0.25, 0.3) is 0 Å². The molecule has 0 aromatic heterocycles. The molecule has 2 N–H and O–H groups in total. The van der Waals surface area contributed by atoms with Crippen LogP contribution >= 0.6 is 12.2 Å². The molecule has 0 bridgehead atoms. The highest BCUT2D eigenvalue weighted by atomic mass is 32.1. The van der Waals surface area contributed by atoms with Crippen LogP contribution in [0, 0.1) is 11.7 Å². The number of likely N-dealkylation sites (tertiary alicyclic amines) is 1. The highest BCUT2D eigenvalue weighted by Crippen LogP contribution is 2.21. The number of amides is 1. The van der Waals surface area contributed by atoms with E-state index in [-0.39, 0.29) is 16.7 Å². The molecular weight excluding hydrogens is 251 g/mol. The Hall–Kier alpha value is -1.49. The molecule has 96 valence electrons. The van der Waals surface area contributed by atoms with Crippen molar-refractivity contribution in [3.8, 4) is 0 Å². The van der Waals surface area contributed by atoms with E-state index in [1.807, 2.05) is 6.92 Å². The lowest BCUT2D eigenvalue weighted by molar-refractivity contribution is -0.128. The molecule has 1 amide bonds. The second kappa shape index (κ2) is 5.02. The number of nitrogens with zero attached hydrogens (tertiary/aromatic N) is 1. The predicted molar refractivity (Wildman–Crippen MR) is 71.5 cm³/mol. The van der Waals surface area contributed by atoms with Crippen molar-refractivity contribution in [3.05, 3.63) is 35.1 Å². The molecule has 1 fully saturated rings. The minimum absolute atomic E-state index is 0.0836. The zero-order valence-corrected chi connectivity index (χ0v) is 11.0. The van der Waals surface area contributed by atoms with Crippen molar-refractivity contribution in [2.24, 2.45) is 11.7 Å². The zero-order chi connectivity index (χ0) is 13.3. The Morgan fingerprint density at radius 1 is 1.61 bits per heavy atom. The monoisotopic (exact) mass is 266 g/mol. The molecule has 1 aromatic carbocycles. The van der Waals surface area contributed by atoms with E-state index in [0.717, 1.165) is 0 Å². The SMILES string of the molecule is CC1CC(=O)N(Cc2ccc(C(N)=S)cc2F)C1. The standard InChI is InChI=1S/C13H15FN2OS/c1-8-4-12(17)16(6-8)7-10-3-2-9(13(15)18)5-11(10)14/h2-3,5,8H,4,6-7H2,1H3,(H2,15,18). The normalized spacial score (nSPS) is 19.3. The fraction of sp³-hybridized carbons (Fsp3) is 0.385. The van der Waals surface area contributed by atoms with Crippen molar-refractivity contribution < 1.29 is 9.18 Å². The molecule has 1 unspecified atom stereocenters. The van der Waals surface area contributed by atoms with Crippen LogP contribution in [0.5, 0.6) is 0 Å². The molecule has 1 aromatic rings. The Kier molecular flexibility index (Phi) is 3.61. The number of rotatable bonds is 3. The molecule has 1 aliphatic rings. The second-order valence-corrected chi connectivity index (χ2v) is 5.19. The van der Waals surface area contributed by atoms with Crippen LogP contribution in [-0.4, -0.2) is 22.3 Å². The molecular formula is C13H15FN2OS. The topological polar surface area (TPSA) is 46.3 Å². The van der Waals surface area contributed by atoms with Gasteiger partial charge in [0.25, 0.3) is 0 Å². The Labute approximate surface area is 111 Å². The van der Waals surface area contributed by atoms with Gasteiger partial charge in [-0.25, -0.2) is 4.39 Å². The first kappa shape index (κ1) is 13.0. The Morgan fingerprint density at radius 2 is 2.33 bits per heavy atom. The van der Waals surface area contributed by atoms with E-state index in [0.29, 0.717) is 36.6 Å². The molecule has 1 saturated heterocycles. The average molecular weight is 266 g/mol. The highest BCUT2D eigenvalue weighted by Gasteiger charge is 2.26. The Morgan fingerprint density at radius 3 is 2.83 bits per heavy atom. The maximum Gasteiger partial charge on any atom is 0.223 e. The average Bonchev–Trinajstić information content (AvgIpc) is 2.60. The zero-order valence-electron chi connectivity index (χ0n) is 10.1. The van der Waals surface area contributed by atoms with E-state index in [4.69, 9.17) is 18.0 Å². The lowest BCUT2D eigenvalue weighted by Gasteiger charge is -2.16. The summed E-state index contributed by atoms with van der Waals surface area (Å²) in [7, 11) is 0. The van der Waals surface area contributed by atoms with E-state index >= 15 is 0 Å². The molecule has 0 saturated carbocycles. The second-order valence-electron chi connectivity index (χ2n) is 4.75. The third kappa shape index (κ3) is 2.67. The number of hydrogen-bond donors (Lipinski definition) is 1. The van der Waals surface area contributed by atoms with Gasteiger partial charge in [-0.3, -0.25) is 4.79 Å². The Balaban J connectivity index is 2.15. The molecule has 18 heavy (non-hydrogen) atoms. The summed E-state index contributed by atoms with van der Waals surface area (Å²) < 4.78 is 13.8. The third-order valence-corrected chi connectivity index (χ3v) is 3.34. The number of hydrogen-bond acceptors (Lipinski definition) is 2. The molecule has 0 radical (unpaired) electrons. The summed E-state index contributed by atoms with van der Waals surface area (Å²) in [5, 5.41) is 0. The van der Waals surface area contributed by atoms with Crippen molar-refractivity contribution in [1.82, 2.24) is 4.90 Å². The summed E-state index contributed by atoms with van der Waals surface area (Å²) in [6.07, 6.45) is 0.548. The van der Waals surface area contributed by atoms with Gasteiger partial charge in [0.1, 0.15) is 10.8 Å². The van der Waals surface area contributed by atoms with Gasteiger partial charge >= 0.3 is 0 Å². The molecule has 1 heterocycles. The van der Waals surface area contributed by atoms with Crippen LogP contribution < -0.4 is 5.73 Å². The van der Waals surface area contributed by atoms with E-state index in [9.17, 15) is 9.18 Å². The number of carbonyl (C=O) groups excluding carboxylic acids is 1. The van der Waals surface area contributed by atoms with Crippen LogP contribution in [0.15, 0.2) is 18.2 Å². The smallest absolute Gasteiger partial charge is 0.223 e. The molecule has 0 aliphatic carbocycles. The van der Waals surface area contributed by atoms with Crippen molar-refractivity contribution in [2.75, 3.05) is 6.54 Å². The molecule has 1 atom stereocenters. The van der Waals surface area contributed by atoms with Crippen molar-refractivity contribution >= 4 is 23.1 Å². The fourth-order valence-corrected chi connectivity index (χ4v) is 2.28. The molecule has 5 heteroatoms. The lowest BCUT2D eigenvalue weighted by atomic mass is 10.1. The van der Waals surface area contributed by atoms with Crippen molar-refractivity contribution in [2.45, 2.75) is 19.9 Å². The largest absolute Gasteiger partial charge is 0.389 e. The molecule has 1 aliphatic heterocycles. The minimum Gasteiger partial charge on any atom is -0.389 e. The third-order valence-electron chi connectivity index (χ3n) is 3.11. The fourth-order valence-electron chi connectivity index (χ4n) is 2.16. The van der Waals surface area contributed by atoms with Crippen molar-refractivity contribution in [1.29, 1.82) is 0 Å². The van der Waals surface area contributed by atoms with Gasteiger partial charge in [-0.05, 0) is 12.0 Å². The maximum atomic E-state index is 13.8. The maximum absolute atomic E-state index is 13.8. The minimum atomic E-state index is -0.368. The summed E-state index contributed by atoms with van der Waals surface area (Å²) in [5.74, 6) is 0.0597. The first-order valence-corrected chi connectivity index (χ1v) is 6.24. The number of halogens is 1. The van der Waals surface area contributed by atoms with E-state index in [1.165, 1.54) is 6.07 Å². The van der Waals surface area contributed by atoms with Crippen LogP contribution in [0.4, 0.5) is 4.39 Å². The lowest BCUT2D eigenvalue weighted by Crippen LogP contribution is -2.25. The Bertz CT molecular complexity index is 504. The van der Waals surface area contributed by atoms with Gasteiger partial charge in [0, 0.05) is 30.6 Å². The quantitative estimate of drug-likeness (QED) is 0.849. The summed E-state index contributed by atoms with van der Waals surface area (Å²) >= 11 is 4.79. The van der Waals surface area contributed by atoms with Gasteiger partial charge < -0.3 is 10.6 Å². The van der Waals surface area contributed by atoms with Crippen LogP contribution in [0.1, 0.15) is 24.5 Å². The van der Waals surface area contributed by atoms with Gasteiger partial charge in [-0.1, -0.05) is 31.3 Å². The number of thiocarbonyl (C=S) groups is 1. The highest BCUT2D eigenvalue weighted by molar-refractivity contribution is 7.80. The summed E-state index contributed by atoms with van der Waals surface area (Å²) in [6, 6.07) is 4.65. The van der Waals surface area contributed by atoms with Gasteiger partial charge in [0.2, 0.25) is 5.91 Å². The van der Waals surface area contributed by atoms with Crippen LogP contribution in [0.2, 0.25) is 0 Å². The van der Waals surface area contributed by atoms with E-state index < -0.39 is 0 Å². The number of benzene rings is 1. The molecule has 2 rings (SSSR count). The van der Waals surface area contributed by atoms with Crippen LogP contribution in [0.3, 0.4) is 0 Å². The van der Waals surface area contributed by atoms with Crippen LogP contribution in [-0.2, 0) is 11.3 Å².